The van der Waals surface area contributed by atoms with Gasteiger partial charge in [-0.25, -0.2) is 4.68 Å². The van der Waals surface area contributed by atoms with Gasteiger partial charge in [-0.05, 0) is 48.5 Å². The predicted octanol–water partition coefficient (Wildman–Crippen LogP) is 2.86. The monoisotopic (exact) mass is 445 g/mol. The number of ether oxygens (including phenoxy) is 1. The van der Waals surface area contributed by atoms with E-state index in [1.54, 1.807) is 39.9 Å². The second-order valence-electron chi connectivity index (χ2n) is 7.64. The Kier molecular flexibility index (Phi) is 5.43. The summed E-state index contributed by atoms with van der Waals surface area (Å²) in [6.07, 6.45) is 6.85. The van der Waals surface area contributed by atoms with Crippen molar-refractivity contribution < 1.29 is 18.7 Å². The van der Waals surface area contributed by atoms with Gasteiger partial charge in [0.2, 0.25) is 0 Å². The van der Waals surface area contributed by atoms with E-state index in [9.17, 15) is 9.59 Å². The van der Waals surface area contributed by atoms with Crippen LogP contribution in [0.15, 0.2) is 77.8 Å². The van der Waals surface area contributed by atoms with E-state index in [-0.39, 0.29) is 11.8 Å². The highest BCUT2D eigenvalue weighted by Gasteiger charge is 2.29. The van der Waals surface area contributed by atoms with Crippen molar-refractivity contribution in [2.75, 3.05) is 33.3 Å². The highest BCUT2D eigenvalue weighted by atomic mass is 16.5. The fourth-order valence-electron chi connectivity index (χ4n) is 3.97. The third-order valence-electron chi connectivity index (χ3n) is 5.73. The number of benzene rings is 1. The first-order chi connectivity index (χ1) is 16.2. The van der Waals surface area contributed by atoms with Crippen LogP contribution in [0.4, 0.5) is 0 Å². The van der Waals surface area contributed by atoms with Gasteiger partial charge in [-0.15, -0.1) is 0 Å². The van der Waals surface area contributed by atoms with E-state index in [0.29, 0.717) is 43.3 Å². The van der Waals surface area contributed by atoms with Crippen molar-refractivity contribution >= 4 is 11.8 Å². The number of furan rings is 1. The lowest BCUT2D eigenvalue weighted by molar-refractivity contribution is 0.0518. The van der Waals surface area contributed by atoms with Crippen LogP contribution in [-0.2, 0) is 0 Å². The number of carbonyl (C=O) groups excluding carboxylic acids is 2. The van der Waals surface area contributed by atoms with Crippen molar-refractivity contribution in [3.63, 3.8) is 0 Å². The third kappa shape index (κ3) is 3.89. The van der Waals surface area contributed by atoms with E-state index in [1.807, 2.05) is 53.4 Å². The number of carbonyl (C=O) groups is 2. The lowest BCUT2D eigenvalue weighted by atomic mass is 10.2. The number of piperazine rings is 1. The molecule has 9 heteroatoms. The molecule has 9 nitrogen and oxygen atoms in total. The van der Waals surface area contributed by atoms with Gasteiger partial charge in [0.1, 0.15) is 11.3 Å². The SMILES string of the molecule is COc1ccc(-n2ncc(C(=O)N3CCN(C(=O)c4ccco4)CC3)c2-n2cccc2)cc1. The normalized spacial score (nSPS) is 13.8. The minimum Gasteiger partial charge on any atom is -0.497 e. The van der Waals surface area contributed by atoms with Crippen LogP contribution in [0.2, 0.25) is 0 Å². The molecule has 1 saturated heterocycles. The quantitative estimate of drug-likeness (QED) is 0.472. The second-order valence-corrected chi connectivity index (χ2v) is 7.64. The van der Waals surface area contributed by atoms with Gasteiger partial charge in [-0.1, -0.05) is 0 Å². The van der Waals surface area contributed by atoms with Crippen molar-refractivity contribution in [1.29, 1.82) is 0 Å². The van der Waals surface area contributed by atoms with Crippen LogP contribution in [0.5, 0.6) is 5.75 Å². The van der Waals surface area contributed by atoms with E-state index in [1.165, 1.54) is 6.26 Å². The Labute approximate surface area is 190 Å². The van der Waals surface area contributed by atoms with Gasteiger partial charge in [0.05, 0.1) is 25.3 Å². The first-order valence-electron chi connectivity index (χ1n) is 10.6. The maximum Gasteiger partial charge on any atom is 0.289 e. The van der Waals surface area contributed by atoms with Crippen LogP contribution >= 0.6 is 0 Å². The van der Waals surface area contributed by atoms with Gasteiger partial charge < -0.3 is 23.5 Å². The zero-order valence-corrected chi connectivity index (χ0v) is 18.1. The van der Waals surface area contributed by atoms with Crippen LogP contribution in [0.1, 0.15) is 20.9 Å². The highest BCUT2D eigenvalue weighted by Crippen LogP contribution is 2.23. The molecule has 4 heterocycles. The Hall–Kier alpha value is -4.27. The largest absolute Gasteiger partial charge is 0.497 e. The molecular weight excluding hydrogens is 422 g/mol. The Bertz CT molecular complexity index is 1230. The lowest BCUT2D eigenvalue weighted by Gasteiger charge is -2.34. The Balaban J connectivity index is 1.39. The van der Waals surface area contributed by atoms with E-state index in [0.717, 1.165) is 11.4 Å². The average molecular weight is 445 g/mol. The third-order valence-corrected chi connectivity index (χ3v) is 5.73. The van der Waals surface area contributed by atoms with Crippen LogP contribution in [0, 0.1) is 0 Å². The molecule has 0 atom stereocenters. The summed E-state index contributed by atoms with van der Waals surface area (Å²) in [5, 5.41) is 4.52. The molecular formula is C24H23N5O4. The van der Waals surface area contributed by atoms with Crippen LogP contribution in [0.25, 0.3) is 11.5 Å². The van der Waals surface area contributed by atoms with Crippen molar-refractivity contribution in [2.24, 2.45) is 0 Å². The van der Waals surface area contributed by atoms with Crippen LogP contribution in [-0.4, -0.2) is 69.3 Å². The average Bonchev–Trinajstić information content (AvgIpc) is 3.64. The minimum atomic E-state index is -0.160. The molecule has 3 aromatic heterocycles. The molecule has 1 aliphatic rings. The summed E-state index contributed by atoms with van der Waals surface area (Å²) in [6.45, 7) is 1.75. The van der Waals surface area contributed by atoms with Gasteiger partial charge >= 0.3 is 0 Å². The molecule has 0 saturated carbocycles. The minimum absolute atomic E-state index is 0.122. The standard InChI is InChI=1S/C24H23N5O4/c1-32-19-8-6-18(7-9-19)29-22(26-10-2-3-11-26)20(17-25-29)23(30)27-12-14-28(15-13-27)24(31)21-5-4-16-33-21/h2-11,16-17H,12-15H2,1H3. The molecule has 1 aliphatic heterocycles. The van der Waals surface area contributed by atoms with Crippen LogP contribution in [0.3, 0.4) is 0 Å². The summed E-state index contributed by atoms with van der Waals surface area (Å²) in [5.74, 6) is 1.43. The molecule has 1 fully saturated rings. The molecule has 4 aromatic rings. The first kappa shape index (κ1) is 20.6. The number of aromatic nitrogens is 3. The second kappa shape index (κ2) is 8.70. The fraction of sp³-hybridized carbons (Fsp3) is 0.208. The molecule has 0 aliphatic carbocycles. The molecule has 1 aromatic carbocycles. The molecule has 0 radical (unpaired) electrons. The number of hydrogen-bond donors (Lipinski definition) is 0. The Morgan fingerprint density at radius 1 is 0.909 bits per heavy atom. The highest BCUT2D eigenvalue weighted by molar-refractivity contribution is 5.97. The molecule has 0 N–H and O–H groups in total. The van der Waals surface area contributed by atoms with E-state index in [4.69, 9.17) is 9.15 Å². The van der Waals surface area contributed by atoms with Crippen LogP contribution < -0.4 is 4.74 Å². The van der Waals surface area contributed by atoms with E-state index < -0.39 is 0 Å². The fourth-order valence-corrected chi connectivity index (χ4v) is 3.97. The predicted molar refractivity (Wildman–Crippen MR) is 120 cm³/mol. The van der Waals surface area contributed by atoms with Crippen molar-refractivity contribution in [3.05, 3.63) is 84.7 Å². The first-order valence-corrected chi connectivity index (χ1v) is 10.6. The van der Waals surface area contributed by atoms with Gasteiger partial charge in [0.25, 0.3) is 11.8 Å². The summed E-state index contributed by atoms with van der Waals surface area (Å²) in [7, 11) is 1.62. The molecule has 168 valence electrons. The molecule has 33 heavy (non-hydrogen) atoms. The van der Waals surface area contributed by atoms with Gasteiger partial charge in [-0.2, -0.15) is 5.10 Å². The number of amides is 2. The molecule has 5 rings (SSSR count). The Morgan fingerprint density at radius 3 is 2.18 bits per heavy atom. The molecule has 0 bridgehead atoms. The summed E-state index contributed by atoms with van der Waals surface area (Å²) < 4.78 is 14.1. The van der Waals surface area contributed by atoms with Crippen molar-refractivity contribution in [3.8, 4) is 17.3 Å². The summed E-state index contributed by atoms with van der Waals surface area (Å²) in [5.41, 5.74) is 1.31. The summed E-state index contributed by atoms with van der Waals surface area (Å²) in [4.78, 5) is 29.5. The molecule has 0 spiro atoms. The molecule has 0 unspecified atom stereocenters. The number of rotatable bonds is 5. The summed E-state index contributed by atoms with van der Waals surface area (Å²) >= 11 is 0. The smallest absolute Gasteiger partial charge is 0.289 e. The lowest BCUT2D eigenvalue weighted by Crippen LogP contribution is -2.50. The summed E-state index contributed by atoms with van der Waals surface area (Å²) in [6, 6.07) is 14.6. The van der Waals surface area contributed by atoms with Gasteiger partial charge in [0, 0.05) is 38.6 Å². The number of hydrogen-bond acceptors (Lipinski definition) is 5. The number of methoxy groups -OCH3 is 1. The van der Waals surface area contributed by atoms with Crippen molar-refractivity contribution in [1.82, 2.24) is 24.1 Å². The molecule has 2 amide bonds. The van der Waals surface area contributed by atoms with E-state index >= 15 is 0 Å². The number of nitrogens with zero attached hydrogens (tertiary/aromatic N) is 5. The van der Waals surface area contributed by atoms with E-state index in [2.05, 4.69) is 5.10 Å². The van der Waals surface area contributed by atoms with Gasteiger partial charge in [0.15, 0.2) is 11.6 Å². The van der Waals surface area contributed by atoms with Gasteiger partial charge in [-0.3, -0.25) is 9.59 Å². The topological polar surface area (TPSA) is 85.7 Å². The van der Waals surface area contributed by atoms with Crippen molar-refractivity contribution in [2.45, 2.75) is 0 Å². The maximum absolute atomic E-state index is 13.5. The Morgan fingerprint density at radius 2 is 1.58 bits per heavy atom. The maximum atomic E-state index is 13.5. The zero-order valence-electron chi connectivity index (χ0n) is 18.1. The zero-order chi connectivity index (χ0) is 22.8.